The fraction of sp³-hybridized carbons (Fsp3) is 0.778. The van der Waals surface area contributed by atoms with E-state index in [4.69, 9.17) is 0 Å². The summed E-state index contributed by atoms with van der Waals surface area (Å²) in [7, 11) is 0. The summed E-state index contributed by atoms with van der Waals surface area (Å²) in [6, 6.07) is 0.0609. The Morgan fingerprint density at radius 1 is 1.25 bits per heavy atom. The molecule has 0 N–H and O–H groups in total. The Bertz CT molecular complexity index is 346. The van der Waals surface area contributed by atoms with Crippen molar-refractivity contribution in [3.8, 4) is 0 Å². The summed E-state index contributed by atoms with van der Waals surface area (Å²) in [6.45, 7) is 3.79. The first-order chi connectivity index (χ1) is 7.35. The zero-order valence-corrected chi connectivity index (χ0v) is 10.6. The van der Waals surface area contributed by atoms with E-state index in [9.17, 15) is 13.2 Å². The number of alkyl halides is 4. The normalized spacial score (nSPS) is 12.4. The molecule has 0 aliphatic carbocycles. The van der Waals surface area contributed by atoms with Gasteiger partial charge in [-0.3, -0.25) is 0 Å². The lowest BCUT2D eigenvalue weighted by atomic mass is 10.2. The van der Waals surface area contributed by atoms with Crippen LogP contribution in [-0.2, 0) is 11.8 Å². The standard InChI is InChI=1S/C9H13BrF3N3/c1-6(2)16-7(3-4-9(11,12)13)14-15-8(16)5-10/h6H,3-5H2,1-2H3. The molecule has 1 heterocycles. The molecule has 0 spiro atoms. The fourth-order valence-corrected chi connectivity index (χ4v) is 1.85. The number of aromatic nitrogens is 3. The lowest BCUT2D eigenvalue weighted by Gasteiger charge is -2.13. The molecule has 0 aromatic carbocycles. The van der Waals surface area contributed by atoms with E-state index in [-0.39, 0.29) is 12.5 Å². The molecule has 0 aliphatic heterocycles. The number of nitrogens with zero attached hydrogens (tertiary/aromatic N) is 3. The lowest BCUT2D eigenvalue weighted by molar-refractivity contribution is -0.134. The van der Waals surface area contributed by atoms with Crippen molar-refractivity contribution in [2.45, 2.75) is 44.2 Å². The van der Waals surface area contributed by atoms with Gasteiger partial charge in [0.15, 0.2) is 0 Å². The molecule has 0 bridgehead atoms. The van der Waals surface area contributed by atoms with Crippen LogP contribution in [0, 0.1) is 0 Å². The Kier molecular flexibility index (Phi) is 4.35. The van der Waals surface area contributed by atoms with E-state index < -0.39 is 12.6 Å². The summed E-state index contributed by atoms with van der Waals surface area (Å²) in [5, 5.41) is 8.14. The Hall–Kier alpha value is -0.590. The third-order valence-electron chi connectivity index (χ3n) is 2.11. The predicted octanol–water partition coefficient (Wildman–Crippen LogP) is 3.25. The molecule has 1 aromatic heterocycles. The monoisotopic (exact) mass is 299 g/mol. The third kappa shape index (κ3) is 3.47. The second-order valence-corrected chi connectivity index (χ2v) is 4.31. The van der Waals surface area contributed by atoms with Crippen molar-refractivity contribution >= 4 is 15.9 Å². The van der Waals surface area contributed by atoms with Gasteiger partial charge in [0.1, 0.15) is 11.6 Å². The Morgan fingerprint density at radius 3 is 2.25 bits per heavy atom. The molecule has 0 unspecified atom stereocenters. The molecule has 0 amide bonds. The summed E-state index contributed by atoms with van der Waals surface area (Å²) in [5.74, 6) is 1.05. The fourth-order valence-electron chi connectivity index (χ4n) is 1.47. The van der Waals surface area contributed by atoms with Crippen molar-refractivity contribution in [3.05, 3.63) is 11.6 Å². The molecule has 0 aliphatic rings. The van der Waals surface area contributed by atoms with Crippen LogP contribution >= 0.6 is 15.9 Å². The van der Waals surface area contributed by atoms with Gasteiger partial charge in [0.25, 0.3) is 0 Å². The summed E-state index contributed by atoms with van der Waals surface area (Å²) < 4.78 is 38.0. The average molecular weight is 300 g/mol. The van der Waals surface area contributed by atoms with E-state index >= 15 is 0 Å². The highest BCUT2D eigenvalue weighted by atomic mass is 79.9. The van der Waals surface area contributed by atoms with Crippen molar-refractivity contribution in [2.75, 3.05) is 0 Å². The predicted molar refractivity (Wildman–Crippen MR) is 57.4 cm³/mol. The molecule has 16 heavy (non-hydrogen) atoms. The van der Waals surface area contributed by atoms with E-state index in [1.165, 1.54) is 0 Å². The number of hydrogen-bond donors (Lipinski definition) is 0. The van der Waals surface area contributed by atoms with Gasteiger partial charge in [-0.25, -0.2) is 0 Å². The van der Waals surface area contributed by atoms with Crippen molar-refractivity contribution < 1.29 is 13.2 Å². The molecule has 7 heteroatoms. The molecule has 0 radical (unpaired) electrons. The molecule has 0 saturated heterocycles. The summed E-state index contributed by atoms with van der Waals surface area (Å²) in [6.07, 6.45) is -5.13. The molecule has 0 saturated carbocycles. The maximum absolute atomic E-state index is 12.1. The minimum atomic E-state index is -4.15. The molecular formula is C9H13BrF3N3. The summed E-state index contributed by atoms with van der Waals surface area (Å²) in [4.78, 5) is 0. The molecule has 3 nitrogen and oxygen atoms in total. The Balaban J connectivity index is 2.84. The maximum Gasteiger partial charge on any atom is 0.389 e. The molecule has 0 atom stereocenters. The molecule has 92 valence electrons. The van der Waals surface area contributed by atoms with E-state index in [0.717, 1.165) is 0 Å². The van der Waals surface area contributed by atoms with Crippen LogP contribution in [0.2, 0.25) is 0 Å². The highest BCUT2D eigenvalue weighted by molar-refractivity contribution is 9.08. The third-order valence-corrected chi connectivity index (χ3v) is 2.61. The number of halogens is 4. The van der Waals surface area contributed by atoms with Gasteiger partial charge in [0.05, 0.1) is 11.8 Å². The molecular weight excluding hydrogens is 287 g/mol. The van der Waals surface area contributed by atoms with Crippen LogP contribution in [0.5, 0.6) is 0 Å². The van der Waals surface area contributed by atoms with Crippen LogP contribution in [0.25, 0.3) is 0 Å². The van der Waals surface area contributed by atoms with Crippen LogP contribution in [-0.4, -0.2) is 20.9 Å². The highest BCUT2D eigenvalue weighted by Crippen LogP contribution is 2.23. The van der Waals surface area contributed by atoms with E-state index in [0.29, 0.717) is 17.0 Å². The first-order valence-corrected chi connectivity index (χ1v) is 6.02. The minimum Gasteiger partial charge on any atom is -0.312 e. The number of aryl methyl sites for hydroxylation is 1. The van der Waals surface area contributed by atoms with Crippen LogP contribution < -0.4 is 0 Å². The van der Waals surface area contributed by atoms with Gasteiger partial charge < -0.3 is 4.57 Å². The van der Waals surface area contributed by atoms with Gasteiger partial charge in [-0.1, -0.05) is 15.9 Å². The number of rotatable bonds is 4. The molecule has 1 rings (SSSR count). The largest absolute Gasteiger partial charge is 0.389 e. The van der Waals surface area contributed by atoms with E-state index in [2.05, 4.69) is 26.1 Å². The minimum absolute atomic E-state index is 0.0609. The Labute approximate surface area is 100 Å². The van der Waals surface area contributed by atoms with Crippen LogP contribution in [0.15, 0.2) is 0 Å². The first-order valence-electron chi connectivity index (χ1n) is 4.90. The van der Waals surface area contributed by atoms with Crippen molar-refractivity contribution in [3.63, 3.8) is 0 Å². The highest BCUT2D eigenvalue weighted by Gasteiger charge is 2.28. The van der Waals surface area contributed by atoms with Crippen LogP contribution in [0.3, 0.4) is 0 Å². The smallest absolute Gasteiger partial charge is 0.312 e. The average Bonchev–Trinajstić information content (AvgIpc) is 2.56. The van der Waals surface area contributed by atoms with Gasteiger partial charge in [0.2, 0.25) is 0 Å². The molecule has 0 fully saturated rings. The van der Waals surface area contributed by atoms with Gasteiger partial charge in [-0.15, -0.1) is 10.2 Å². The Morgan fingerprint density at radius 2 is 1.81 bits per heavy atom. The lowest BCUT2D eigenvalue weighted by Crippen LogP contribution is -2.14. The van der Waals surface area contributed by atoms with Crippen LogP contribution in [0.1, 0.15) is 38.0 Å². The van der Waals surface area contributed by atoms with Gasteiger partial charge in [-0.05, 0) is 13.8 Å². The van der Waals surface area contributed by atoms with E-state index in [1.807, 2.05) is 13.8 Å². The first kappa shape index (κ1) is 13.5. The van der Waals surface area contributed by atoms with Gasteiger partial charge in [0, 0.05) is 12.5 Å². The zero-order valence-electron chi connectivity index (χ0n) is 9.05. The quantitative estimate of drug-likeness (QED) is 0.799. The van der Waals surface area contributed by atoms with E-state index in [1.54, 1.807) is 4.57 Å². The van der Waals surface area contributed by atoms with Gasteiger partial charge in [-0.2, -0.15) is 13.2 Å². The maximum atomic E-state index is 12.1. The summed E-state index contributed by atoms with van der Waals surface area (Å²) >= 11 is 3.24. The van der Waals surface area contributed by atoms with Crippen molar-refractivity contribution in [1.82, 2.24) is 14.8 Å². The van der Waals surface area contributed by atoms with Crippen molar-refractivity contribution in [2.24, 2.45) is 0 Å². The number of hydrogen-bond acceptors (Lipinski definition) is 2. The van der Waals surface area contributed by atoms with Crippen molar-refractivity contribution in [1.29, 1.82) is 0 Å². The second kappa shape index (κ2) is 5.16. The molecule has 1 aromatic rings. The topological polar surface area (TPSA) is 30.7 Å². The summed E-state index contributed by atoms with van der Waals surface area (Å²) in [5.41, 5.74) is 0. The zero-order chi connectivity index (χ0) is 12.3. The second-order valence-electron chi connectivity index (χ2n) is 3.75. The van der Waals surface area contributed by atoms with Crippen LogP contribution in [0.4, 0.5) is 13.2 Å². The SMILES string of the molecule is CC(C)n1c(CBr)nnc1CCC(F)(F)F. The van der Waals surface area contributed by atoms with Gasteiger partial charge >= 0.3 is 6.18 Å².